The van der Waals surface area contributed by atoms with Crippen LogP contribution in [0.25, 0.3) is 134 Å². The fourth-order valence-corrected chi connectivity index (χ4v) is 12.0. The maximum atomic E-state index is 9.89. The molecule has 6 heteroatoms. The second-order valence-electron chi connectivity index (χ2n) is 21.0. The predicted molar refractivity (Wildman–Crippen MR) is 330 cm³/mol. The van der Waals surface area contributed by atoms with Crippen LogP contribution < -0.4 is 0 Å². The molecule has 0 spiro atoms. The number of nitrogens with zero attached hydrogens (tertiary/aromatic N) is 6. The van der Waals surface area contributed by atoms with Crippen LogP contribution >= 0.6 is 0 Å². The number of benzene rings is 11. The Morgan fingerprint density at radius 1 is 0.312 bits per heavy atom. The first-order chi connectivity index (χ1) is 39.2. The Balaban J connectivity index is 1.08. The second kappa shape index (κ2) is 19.5. The zero-order valence-corrected chi connectivity index (χ0v) is 44.8. The molecule has 0 N–H and O–H groups in total. The van der Waals surface area contributed by atoms with Crippen molar-refractivity contribution in [1.29, 1.82) is 5.26 Å². The molecule has 0 aliphatic rings. The lowest BCUT2D eigenvalue weighted by molar-refractivity contribution is 1.07. The van der Waals surface area contributed by atoms with Gasteiger partial charge < -0.3 is 9.13 Å². The molecule has 378 valence electrons. The number of fused-ring (bicyclic) bond motifs is 6. The first-order valence-corrected chi connectivity index (χ1v) is 27.1. The Kier molecular flexibility index (Phi) is 11.7. The molecular weight excluding hydrogens is 973 g/mol. The van der Waals surface area contributed by atoms with Crippen molar-refractivity contribution in [2.75, 3.05) is 0 Å². The number of para-hydroxylation sites is 2. The molecule has 0 amide bonds. The minimum absolute atomic E-state index is 0.551. The first kappa shape index (κ1) is 47.9. The van der Waals surface area contributed by atoms with Crippen molar-refractivity contribution in [2.24, 2.45) is 0 Å². The zero-order chi connectivity index (χ0) is 54.0. The molecule has 0 atom stereocenters. The molecule has 0 bridgehead atoms. The molecule has 0 unspecified atom stereocenters. The highest BCUT2D eigenvalue weighted by atomic mass is 15.0. The summed E-state index contributed by atoms with van der Waals surface area (Å²) in [5.74, 6) is 1.72. The Hall–Kier alpha value is -10.5. The molecule has 14 aromatic rings. The van der Waals surface area contributed by atoms with E-state index in [1.807, 2.05) is 60.7 Å². The van der Waals surface area contributed by atoms with Crippen LogP contribution in [0.5, 0.6) is 0 Å². The van der Waals surface area contributed by atoms with Gasteiger partial charge in [0.1, 0.15) is 0 Å². The van der Waals surface area contributed by atoms with Crippen LogP contribution in [0.15, 0.2) is 243 Å². The highest BCUT2D eigenvalue weighted by molar-refractivity contribution is 6.12. The van der Waals surface area contributed by atoms with Crippen molar-refractivity contribution in [1.82, 2.24) is 24.1 Å². The van der Waals surface area contributed by atoms with Crippen LogP contribution in [0.1, 0.15) is 27.8 Å². The molecular formula is C74H52N6. The third-order valence-corrected chi connectivity index (χ3v) is 15.8. The van der Waals surface area contributed by atoms with Gasteiger partial charge in [-0.1, -0.05) is 175 Å². The Labute approximate surface area is 464 Å². The summed E-state index contributed by atoms with van der Waals surface area (Å²) in [6.45, 7) is 8.70. The monoisotopic (exact) mass is 1020 g/mol. The van der Waals surface area contributed by atoms with Crippen molar-refractivity contribution >= 4 is 43.6 Å². The molecule has 0 saturated carbocycles. The molecule has 0 saturated heterocycles. The summed E-state index contributed by atoms with van der Waals surface area (Å²) in [5, 5.41) is 14.6. The van der Waals surface area contributed by atoms with E-state index in [1.54, 1.807) is 0 Å². The van der Waals surface area contributed by atoms with Crippen molar-refractivity contribution in [3.63, 3.8) is 0 Å². The standard InChI is InChI=1S/C74H52N6/c1-46-23-33-58(48(3)39-46)55-30-37-69-64(42-55)60-19-11-13-21-67(60)79(69)57-32-35-62(74-77-72(52-15-7-5-8-16-52)76-73(78-74)53-17-9-6-10-18-53)63(44-57)66-41-54(51-27-25-50(45-75)26-28-51)29-36-71(66)80-68-22-14-12-20-61(68)65-43-56(31-38-70(65)80)59-34-24-47(2)40-49(59)4/h5-44H,1-4H3. The van der Waals surface area contributed by atoms with Gasteiger partial charge in [-0.15, -0.1) is 0 Å². The van der Waals surface area contributed by atoms with Gasteiger partial charge in [0.05, 0.1) is 39.4 Å². The van der Waals surface area contributed by atoms with Crippen LogP contribution in [-0.2, 0) is 0 Å². The number of aryl methyl sites for hydroxylation is 4. The van der Waals surface area contributed by atoms with Gasteiger partial charge in [0.25, 0.3) is 0 Å². The fourth-order valence-electron chi connectivity index (χ4n) is 12.0. The van der Waals surface area contributed by atoms with Crippen LogP contribution in [0.4, 0.5) is 0 Å². The lowest BCUT2D eigenvalue weighted by atomic mass is 9.92. The molecule has 6 nitrogen and oxygen atoms in total. The van der Waals surface area contributed by atoms with Gasteiger partial charge in [-0.05, 0) is 157 Å². The van der Waals surface area contributed by atoms with E-state index in [-0.39, 0.29) is 0 Å². The van der Waals surface area contributed by atoms with Gasteiger partial charge in [0, 0.05) is 49.5 Å². The highest BCUT2D eigenvalue weighted by Crippen LogP contribution is 2.45. The zero-order valence-electron chi connectivity index (χ0n) is 44.8. The van der Waals surface area contributed by atoms with Crippen LogP contribution in [0.2, 0.25) is 0 Å². The normalized spacial score (nSPS) is 11.5. The van der Waals surface area contributed by atoms with E-state index in [1.165, 1.54) is 55.3 Å². The molecule has 3 aromatic heterocycles. The van der Waals surface area contributed by atoms with Crippen LogP contribution in [0.3, 0.4) is 0 Å². The molecule has 3 heterocycles. The molecule has 11 aromatic carbocycles. The van der Waals surface area contributed by atoms with E-state index >= 15 is 0 Å². The lowest BCUT2D eigenvalue weighted by Gasteiger charge is -2.20. The van der Waals surface area contributed by atoms with Crippen molar-refractivity contribution in [3.8, 4) is 96.1 Å². The fraction of sp³-hybridized carbons (Fsp3) is 0.0541. The number of hydrogen-bond acceptors (Lipinski definition) is 4. The summed E-state index contributed by atoms with van der Waals surface area (Å²) in [6.07, 6.45) is 0. The first-order valence-electron chi connectivity index (χ1n) is 27.1. The molecule has 14 rings (SSSR count). The summed E-state index contributed by atoms with van der Waals surface area (Å²) in [6, 6.07) is 88.8. The summed E-state index contributed by atoms with van der Waals surface area (Å²) in [4.78, 5) is 16.0. The predicted octanol–water partition coefficient (Wildman–Crippen LogP) is 18.8. The Bertz CT molecular complexity index is 4750. The SMILES string of the molecule is Cc1ccc(-c2ccc3c(c2)c2ccccc2n3-c2ccc(-c3nc(-c4ccccc4)nc(-c4ccccc4)n3)c(-c3cc(-c4ccc(C#N)cc4)ccc3-n3c4ccccc4c4cc(-c5ccc(C)cc5C)ccc43)c2)c(C)c1. The average Bonchev–Trinajstić information content (AvgIpc) is 4.24. The summed E-state index contributed by atoms with van der Waals surface area (Å²) < 4.78 is 4.83. The largest absolute Gasteiger partial charge is 0.309 e. The maximum absolute atomic E-state index is 9.89. The van der Waals surface area contributed by atoms with E-state index in [9.17, 15) is 5.26 Å². The van der Waals surface area contributed by atoms with Gasteiger partial charge in [-0.25, -0.2) is 15.0 Å². The van der Waals surface area contributed by atoms with E-state index < -0.39 is 0 Å². The molecule has 0 aliphatic carbocycles. The van der Waals surface area contributed by atoms with E-state index in [0.717, 1.165) is 83.2 Å². The van der Waals surface area contributed by atoms with E-state index in [0.29, 0.717) is 23.0 Å². The molecule has 80 heavy (non-hydrogen) atoms. The average molecular weight is 1030 g/mol. The van der Waals surface area contributed by atoms with Gasteiger partial charge >= 0.3 is 0 Å². The smallest absolute Gasteiger partial charge is 0.164 e. The summed E-state index contributed by atoms with van der Waals surface area (Å²) in [7, 11) is 0. The van der Waals surface area contributed by atoms with Crippen LogP contribution in [0, 0.1) is 39.0 Å². The molecule has 0 aliphatic heterocycles. The molecule has 0 fully saturated rings. The van der Waals surface area contributed by atoms with E-state index in [2.05, 4.69) is 225 Å². The Morgan fingerprint density at radius 2 is 0.787 bits per heavy atom. The number of hydrogen-bond donors (Lipinski definition) is 0. The molecule has 0 radical (unpaired) electrons. The van der Waals surface area contributed by atoms with E-state index in [4.69, 9.17) is 15.0 Å². The van der Waals surface area contributed by atoms with Gasteiger partial charge in [-0.2, -0.15) is 5.26 Å². The maximum Gasteiger partial charge on any atom is 0.164 e. The minimum atomic E-state index is 0.551. The quantitative estimate of drug-likeness (QED) is 0.144. The summed E-state index contributed by atoms with van der Waals surface area (Å²) >= 11 is 0. The number of aromatic nitrogens is 5. The lowest BCUT2D eigenvalue weighted by Crippen LogP contribution is -2.04. The summed E-state index contributed by atoms with van der Waals surface area (Å²) in [5.41, 5.74) is 23.3. The highest BCUT2D eigenvalue weighted by Gasteiger charge is 2.24. The van der Waals surface area contributed by atoms with Gasteiger partial charge in [0.15, 0.2) is 17.5 Å². The van der Waals surface area contributed by atoms with Gasteiger partial charge in [-0.3, -0.25) is 0 Å². The van der Waals surface area contributed by atoms with Crippen molar-refractivity contribution in [3.05, 3.63) is 270 Å². The van der Waals surface area contributed by atoms with Crippen LogP contribution in [-0.4, -0.2) is 24.1 Å². The Morgan fingerprint density at radius 3 is 1.35 bits per heavy atom. The van der Waals surface area contributed by atoms with Crippen molar-refractivity contribution in [2.45, 2.75) is 27.7 Å². The van der Waals surface area contributed by atoms with Crippen molar-refractivity contribution < 1.29 is 0 Å². The third-order valence-electron chi connectivity index (χ3n) is 15.8. The third kappa shape index (κ3) is 8.32. The van der Waals surface area contributed by atoms with Gasteiger partial charge in [0.2, 0.25) is 0 Å². The minimum Gasteiger partial charge on any atom is -0.309 e. The number of nitriles is 1. The second-order valence-corrected chi connectivity index (χ2v) is 21.0. The topological polar surface area (TPSA) is 72.3 Å². The number of rotatable bonds is 9.